The number of nitrogens with zero attached hydrogens (tertiary/aromatic N) is 2. The average Bonchev–Trinajstić information content (AvgIpc) is 2.65. The van der Waals surface area contributed by atoms with Crippen molar-refractivity contribution in [2.75, 3.05) is 20.6 Å². The molecule has 1 atom stereocenters. The highest BCUT2D eigenvalue weighted by Crippen LogP contribution is 2.43. The van der Waals surface area contributed by atoms with Crippen molar-refractivity contribution in [2.45, 2.75) is 52.6 Å². The van der Waals surface area contributed by atoms with E-state index in [4.69, 9.17) is 4.98 Å². The third-order valence-electron chi connectivity index (χ3n) is 3.58. The van der Waals surface area contributed by atoms with Gasteiger partial charge < -0.3 is 10.2 Å². The Labute approximate surface area is 121 Å². The highest BCUT2D eigenvalue weighted by atomic mass is 32.1. The molecule has 1 aliphatic carbocycles. The summed E-state index contributed by atoms with van der Waals surface area (Å²) >= 11 is 1.91. The van der Waals surface area contributed by atoms with Crippen LogP contribution in [0.5, 0.6) is 0 Å². The summed E-state index contributed by atoms with van der Waals surface area (Å²) in [6.07, 6.45) is 3.54. The molecule has 1 aromatic heterocycles. The number of rotatable bonds is 5. The normalized spacial score (nSPS) is 21.7. The van der Waals surface area contributed by atoms with Gasteiger partial charge in [0, 0.05) is 17.5 Å². The third kappa shape index (κ3) is 3.77. The first-order valence-electron chi connectivity index (χ1n) is 7.28. The molecule has 4 heteroatoms. The molecule has 1 aliphatic rings. The second-order valence-electron chi connectivity index (χ2n) is 6.71. The van der Waals surface area contributed by atoms with Gasteiger partial charge in [0.1, 0.15) is 5.01 Å². The van der Waals surface area contributed by atoms with Crippen LogP contribution in [0.1, 0.15) is 55.2 Å². The zero-order chi connectivity index (χ0) is 14.0. The Hall–Kier alpha value is -0.450. The molecule has 0 aliphatic heterocycles. The molecule has 0 amide bonds. The van der Waals surface area contributed by atoms with E-state index < -0.39 is 0 Å². The Morgan fingerprint density at radius 2 is 2.16 bits per heavy atom. The quantitative estimate of drug-likeness (QED) is 0.898. The van der Waals surface area contributed by atoms with Gasteiger partial charge in [0.15, 0.2) is 0 Å². The second-order valence-corrected chi connectivity index (χ2v) is 7.82. The maximum absolute atomic E-state index is 4.88. The molecule has 1 heterocycles. The van der Waals surface area contributed by atoms with Gasteiger partial charge >= 0.3 is 0 Å². The van der Waals surface area contributed by atoms with Gasteiger partial charge in [0.25, 0.3) is 0 Å². The van der Waals surface area contributed by atoms with Crippen LogP contribution in [0.15, 0.2) is 0 Å². The summed E-state index contributed by atoms with van der Waals surface area (Å²) in [6.45, 7) is 9.01. The molecule has 3 nitrogen and oxygen atoms in total. The molecule has 0 aromatic carbocycles. The van der Waals surface area contributed by atoms with Crippen LogP contribution in [0, 0.1) is 5.41 Å². The zero-order valence-electron chi connectivity index (χ0n) is 12.9. The molecule has 1 unspecified atom stereocenters. The molecular formula is C15H27N3S. The van der Waals surface area contributed by atoms with Crippen LogP contribution in [0.4, 0.5) is 0 Å². The van der Waals surface area contributed by atoms with E-state index in [1.165, 1.54) is 28.4 Å². The van der Waals surface area contributed by atoms with Crippen molar-refractivity contribution in [1.82, 2.24) is 15.2 Å². The lowest BCUT2D eigenvalue weighted by molar-refractivity contribution is 0.258. The summed E-state index contributed by atoms with van der Waals surface area (Å²) in [5.41, 5.74) is 1.70. The summed E-state index contributed by atoms with van der Waals surface area (Å²) in [4.78, 5) is 8.57. The molecule has 0 fully saturated rings. The van der Waals surface area contributed by atoms with Crippen LogP contribution < -0.4 is 5.32 Å². The van der Waals surface area contributed by atoms with Gasteiger partial charge in [0.05, 0.1) is 5.69 Å². The van der Waals surface area contributed by atoms with Crippen molar-refractivity contribution in [1.29, 1.82) is 0 Å². The fraction of sp³-hybridized carbons (Fsp3) is 0.800. The monoisotopic (exact) mass is 281 g/mol. The highest BCUT2D eigenvalue weighted by Gasteiger charge is 2.34. The van der Waals surface area contributed by atoms with Gasteiger partial charge in [-0.15, -0.1) is 11.3 Å². The Morgan fingerprint density at radius 3 is 2.79 bits per heavy atom. The van der Waals surface area contributed by atoms with E-state index in [0.717, 1.165) is 19.5 Å². The smallest absolute Gasteiger partial charge is 0.107 e. The van der Waals surface area contributed by atoms with Gasteiger partial charge in [0.2, 0.25) is 0 Å². The number of nitrogens with one attached hydrogen (secondary N) is 1. The first-order chi connectivity index (χ1) is 8.91. The molecule has 0 bridgehead atoms. The van der Waals surface area contributed by atoms with Crippen molar-refractivity contribution in [2.24, 2.45) is 5.41 Å². The van der Waals surface area contributed by atoms with Gasteiger partial charge in [-0.3, -0.25) is 0 Å². The number of aromatic nitrogens is 1. The molecule has 0 spiro atoms. The van der Waals surface area contributed by atoms with Crippen LogP contribution in [0.2, 0.25) is 0 Å². The summed E-state index contributed by atoms with van der Waals surface area (Å²) in [7, 11) is 4.22. The fourth-order valence-corrected chi connectivity index (χ4v) is 4.08. The molecule has 0 radical (unpaired) electrons. The zero-order valence-corrected chi connectivity index (χ0v) is 13.7. The Bertz CT molecular complexity index is 423. The van der Waals surface area contributed by atoms with Gasteiger partial charge in [-0.1, -0.05) is 20.8 Å². The van der Waals surface area contributed by atoms with Gasteiger partial charge in [-0.25, -0.2) is 4.98 Å². The van der Waals surface area contributed by atoms with E-state index in [0.29, 0.717) is 11.5 Å². The molecular weight excluding hydrogens is 254 g/mol. The molecule has 2 rings (SSSR count). The number of hydrogen-bond acceptors (Lipinski definition) is 4. The predicted molar refractivity (Wildman–Crippen MR) is 82.6 cm³/mol. The van der Waals surface area contributed by atoms with E-state index in [1.807, 2.05) is 11.3 Å². The minimum absolute atomic E-state index is 0.363. The predicted octanol–water partition coefficient (Wildman–Crippen LogP) is 3.22. The summed E-state index contributed by atoms with van der Waals surface area (Å²) in [5, 5.41) is 4.97. The highest BCUT2D eigenvalue weighted by molar-refractivity contribution is 7.11. The minimum atomic E-state index is 0.363. The number of fused-ring (bicyclic) bond motifs is 1. The van der Waals surface area contributed by atoms with Gasteiger partial charge in [-0.2, -0.15) is 0 Å². The molecule has 0 saturated carbocycles. The van der Waals surface area contributed by atoms with Crippen LogP contribution >= 0.6 is 11.3 Å². The average molecular weight is 281 g/mol. The van der Waals surface area contributed by atoms with E-state index in [2.05, 4.69) is 45.1 Å². The first kappa shape index (κ1) is 14.9. The van der Waals surface area contributed by atoms with Crippen molar-refractivity contribution in [3.05, 3.63) is 15.6 Å². The summed E-state index contributed by atoms with van der Waals surface area (Å²) in [6, 6.07) is 0.507. The Balaban J connectivity index is 2.22. The van der Waals surface area contributed by atoms with Gasteiger partial charge in [-0.05, 0) is 45.3 Å². The van der Waals surface area contributed by atoms with E-state index in [9.17, 15) is 0 Å². The number of hydrogen-bond donors (Lipinski definition) is 1. The lowest BCUT2D eigenvalue weighted by Crippen LogP contribution is -2.33. The second kappa shape index (κ2) is 5.90. The Kier molecular flexibility index (Phi) is 4.64. The fourth-order valence-electron chi connectivity index (χ4n) is 2.81. The van der Waals surface area contributed by atoms with Crippen LogP contribution in [-0.2, 0) is 13.0 Å². The molecule has 1 aromatic rings. The maximum Gasteiger partial charge on any atom is 0.107 e. The molecule has 108 valence electrons. The van der Waals surface area contributed by atoms with Crippen molar-refractivity contribution in [3.8, 4) is 0 Å². The van der Waals surface area contributed by atoms with Crippen molar-refractivity contribution >= 4 is 11.3 Å². The molecule has 1 N–H and O–H groups in total. The van der Waals surface area contributed by atoms with Crippen LogP contribution in [0.3, 0.4) is 0 Å². The number of thiazole rings is 1. The van der Waals surface area contributed by atoms with E-state index in [-0.39, 0.29) is 0 Å². The summed E-state index contributed by atoms with van der Waals surface area (Å²) in [5.74, 6) is 0. The third-order valence-corrected chi connectivity index (χ3v) is 4.78. The lowest BCUT2D eigenvalue weighted by Gasteiger charge is -2.34. The van der Waals surface area contributed by atoms with Crippen LogP contribution in [0.25, 0.3) is 0 Å². The standard InChI is InChI=1S/C15H27N3S/c1-6-7-16-11-8-15(2,3)9-12-14(11)19-13(17-12)10-18(4)5/h11,16H,6-10H2,1-5H3. The van der Waals surface area contributed by atoms with Crippen molar-refractivity contribution < 1.29 is 0 Å². The van der Waals surface area contributed by atoms with Crippen molar-refractivity contribution in [3.63, 3.8) is 0 Å². The summed E-state index contributed by atoms with van der Waals surface area (Å²) < 4.78 is 0. The van der Waals surface area contributed by atoms with E-state index >= 15 is 0 Å². The minimum Gasteiger partial charge on any atom is -0.309 e. The first-order valence-corrected chi connectivity index (χ1v) is 8.09. The largest absolute Gasteiger partial charge is 0.309 e. The maximum atomic E-state index is 4.88. The van der Waals surface area contributed by atoms with Crippen LogP contribution in [-0.4, -0.2) is 30.5 Å². The molecule has 19 heavy (non-hydrogen) atoms. The molecule has 0 saturated heterocycles. The topological polar surface area (TPSA) is 28.2 Å². The SMILES string of the molecule is CCCNC1CC(C)(C)Cc2nc(CN(C)C)sc21. The van der Waals surface area contributed by atoms with E-state index in [1.54, 1.807) is 0 Å². The lowest BCUT2D eigenvalue weighted by atomic mass is 9.76. The Morgan fingerprint density at radius 1 is 1.42 bits per heavy atom.